The fourth-order valence-electron chi connectivity index (χ4n) is 3.30. The molecule has 0 unspecified atom stereocenters. The normalized spacial score (nSPS) is 10.6. The lowest BCUT2D eigenvalue weighted by molar-refractivity contribution is 0.0450. The first-order valence-electron chi connectivity index (χ1n) is 9.39. The molecule has 0 radical (unpaired) electrons. The number of rotatable bonds is 5. The number of aromatic nitrogens is 3. The van der Waals surface area contributed by atoms with E-state index in [-0.39, 0.29) is 29.4 Å². The van der Waals surface area contributed by atoms with E-state index in [2.05, 4.69) is 15.0 Å². The number of para-hydroxylation sites is 1. The van der Waals surface area contributed by atoms with E-state index in [1.54, 1.807) is 0 Å². The number of hydrogen-bond donors (Lipinski definition) is 1. The standard InChI is InChI=1S/C23H18N4O4/c1-30-22(28)19-17(13-31-23(29)20-21(24)26-12-11-25-20)27-16-10-6-5-9-15(16)18(19)14-7-3-2-4-8-14/h2-12H,13H2,1H3,(H2,24,26). The minimum atomic E-state index is -0.766. The second-order valence-corrected chi connectivity index (χ2v) is 6.55. The number of methoxy groups -OCH3 is 1. The summed E-state index contributed by atoms with van der Waals surface area (Å²) in [6, 6.07) is 16.9. The third-order valence-electron chi connectivity index (χ3n) is 4.68. The number of hydrogen-bond acceptors (Lipinski definition) is 8. The lowest BCUT2D eigenvalue weighted by Crippen LogP contribution is -2.15. The molecule has 0 aliphatic heterocycles. The summed E-state index contributed by atoms with van der Waals surface area (Å²) in [5.74, 6) is -1.39. The molecule has 2 N–H and O–H groups in total. The number of carbonyl (C=O) groups excluding carboxylic acids is 2. The number of pyridine rings is 1. The predicted molar refractivity (Wildman–Crippen MR) is 114 cm³/mol. The van der Waals surface area contributed by atoms with Gasteiger partial charge in [0, 0.05) is 23.3 Å². The van der Waals surface area contributed by atoms with Gasteiger partial charge in [0.15, 0.2) is 11.5 Å². The molecule has 0 spiro atoms. The molecule has 31 heavy (non-hydrogen) atoms. The van der Waals surface area contributed by atoms with Crippen LogP contribution < -0.4 is 5.73 Å². The van der Waals surface area contributed by atoms with E-state index in [4.69, 9.17) is 15.2 Å². The number of ether oxygens (including phenoxy) is 2. The molecule has 2 aromatic heterocycles. The van der Waals surface area contributed by atoms with Crippen molar-refractivity contribution in [3.8, 4) is 11.1 Å². The molecule has 0 amide bonds. The number of esters is 2. The van der Waals surface area contributed by atoms with Crippen molar-refractivity contribution >= 4 is 28.7 Å². The summed E-state index contributed by atoms with van der Waals surface area (Å²) in [6.45, 7) is -0.274. The van der Waals surface area contributed by atoms with Crippen molar-refractivity contribution in [3.05, 3.63) is 83.9 Å². The van der Waals surface area contributed by atoms with Gasteiger partial charge in [-0.15, -0.1) is 0 Å². The van der Waals surface area contributed by atoms with Crippen LogP contribution >= 0.6 is 0 Å². The first kappa shape index (κ1) is 20.0. The summed E-state index contributed by atoms with van der Waals surface area (Å²) in [6.07, 6.45) is 2.72. The summed E-state index contributed by atoms with van der Waals surface area (Å²) in [5, 5.41) is 0.780. The van der Waals surface area contributed by atoms with Crippen LogP contribution in [0.3, 0.4) is 0 Å². The van der Waals surface area contributed by atoms with Crippen molar-refractivity contribution in [2.24, 2.45) is 0 Å². The molecule has 8 nitrogen and oxygen atoms in total. The van der Waals surface area contributed by atoms with Crippen LogP contribution in [-0.4, -0.2) is 34.0 Å². The molecule has 0 bridgehead atoms. The van der Waals surface area contributed by atoms with E-state index in [1.807, 2.05) is 54.6 Å². The molecule has 2 heterocycles. The largest absolute Gasteiger partial charge is 0.465 e. The maximum absolute atomic E-state index is 12.8. The third kappa shape index (κ3) is 3.91. The predicted octanol–water partition coefficient (Wildman–Crippen LogP) is 3.42. The Morgan fingerprint density at radius 1 is 0.935 bits per heavy atom. The summed E-state index contributed by atoms with van der Waals surface area (Å²) < 4.78 is 10.4. The van der Waals surface area contributed by atoms with E-state index in [9.17, 15) is 9.59 Å². The monoisotopic (exact) mass is 414 g/mol. The second-order valence-electron chi connectivity index (χ2n) is 6.55. The van der Waals surface area contributed by atoms with Crippen LogP contribution in [0.15, 0.2) is 67.0 Å². The maximum Gasteiger partial charge on any atom is 0.361 e. The number of carbonyl (C=O) groups is 2. The first-order valence-corrected chi connectivity index (χ1v) is 9.39. The highest BCUT2D eigenvalue weighted by Crippen LogP contribution is 2.34. The summed E-state index contributed by atoms with van der Waals surface area (Å²) in [4.78, 5) is 37.6. The molecular weight excluding hydrogens is 396 g/mol. The van der Waals surface area contributed by atoms with Crippen molar-refractivity contribution in [3.63, 3.8) is 0 Å². The van der Waals surface area contributed by atoms with Gasteiger partial charge in [-0.25, -0.2) is 24.5 Å². The minimum absolute atomic E-state index is 0.0443. The van der Waals surface area contributed by atoms with Crippen LogP contribution in [0.25, 0.3) is 22.0 Å². The highest BCUT2D eigenvalue weighted by Gasteiger charge is 2.24. The molecule has 0 saturated carbocycles. The van der Waals surface area contributed by atoms with Gasteiger partial charge in [-0.1, -0.05) is 48.5 Å². The van der Waals surface area contributed by atoms with E-state index in [1.165, 1.54) is 19.5 Å². The van der Waals surface area contributed by atoms with Crippen molar-refractivity contribution in [1.82, 2.24) is 15.0 Å². The Morgan fingerprint density at radius 2 is 1.65 bits per heavy atom. The quantitative estimate of drug-likeness (QED) is 0.494. The van der Waals surface area contributed by atoms with Crippen LogP contribution in [0, 0.1) is 0 Å². The fraction of sp³-hybridized carbons (Fsp3) is 0.0870. The van der Waals surface area contributed by atoms with Gasteiger partial charge >= 0.3 is 11.9 Å². The average molecular weight is 414 g/mol. The number of nitrogens with two attached hydrogens (primary N) is 1. The van der Waals surface area contributed by atoms with Gasteiger partial charge in [-0.2, -0.15) is 0 Å². The molecule has 8 heteroatoms. The lowest BCUT2D eigenvalue weighted by atomic mass is 9.94. The Kier molecular flexibility index (Phi) is 5.53. The van der Waals surface area contributed by atoms with Crippen LogP contribution in [0.1, 0.15) is 26.5 Å². The number of benzene rings is 2. The molecule has 154 valence electrons. The van der Waals surface area contributed by atoms with Gasteiger partial charge in [0.25, 0.3) is 0 Å². The zero-order chi connectivity index (χ0) is 21.8. The highest BCUT2D eigenvalue weighted by atomic mass is 16.5. The Morgan fingerprint density at radius 3 is 2.39 bits per heavy atom. The Bertz CT molecular complexity index is 1280. The number of anilines is 1. The topological polar surface area (TPSA) is 117 Å². The van der Waals surface area contributed by atoms with Gasteiger partial charge in [-0.3, -0.25) is 0 Å². The molecule has 0 aliphatic carbocycles. The average Bonchev–Trinajstić information content (AvgIpc) is 2.81. The van der Waals surface area contributed by atoms with Crippen LogP contribution in [-0.2, 0) is 16.1 Å². The van der Waals surface area contributed by atoms with Crippen molar-refractivity contribution < 1.29 is 19.1 Å². The molecule has 2 aromatic carbocycles. The van der Waals surface area contributed by atoms with Crippen LogP contribution in [0.2, 0.25) is 0 Å². The molecule has 4 aromatic rings. The molecule has 0 atom stereocenters. The van der Waals surface area contributed by atoms with Gasteiger partial charge in [0.2, 0.25) is 0 Å². The SMILES string of the molecule is COC(=O)c1c(COC(=O)c2nccnc2N)nc2ccccc2c1-c1ccccc1. The third-order valence-corrected chi connectivity index (χ3v) is 4.68. The van der Waals surface area contributed by atoms with Crippen LogP contribution in [0.5, 0.6) is 0 Å². The summed E-state index contributed by atoms with van der Waals surface area (Å²) >= 11 is 0. The van der Waals surface area contributed by atoms with E-state index in [0.717, 1.165) is 10.9 Å². The fourth-order valence-corrected chi connectivity index (χ4v) is 3.30. The minimum Gasteiger partial charge on any atom is -0.465 e. The molecule has 4 rings (SSSR count). The summed E-state index contributed by atoms with van der Waals surface area (Å²) in [5.41, 5.74) is 8.21. The van der Waals surface area contributed by atoms with Crippen molar-refractivity contribution in [2.45, 2.75) is 6.61 Å². The number of nitrogen functional groups attached to an aromatic ring is 1. The van der Waals surface area contributed by atoms with E-state index < -0.39 is 11.9 Å². The highest BCUT2D eigenvalue weighted by molar-refractivity contribution is 6.08. The van der Waals surface area contributed by atoms with E-state index >= 15 is 0 Å². The van der Waals surface area contributed by atoms with Crippen molar-refractivity contribution in [2.75, 3.05) is 12.8 Å². The zero-order valence-corrected chi connectivity index (χ0v) is 16.6. The maximum atomic E-state index is 12.8. The number of nitrogens with zero attached hydrogens (tertiary/aromatic N) is 3. The van der Waals surface area contributed by atoms with E-state index in [0.29, 0.717) is 11.1 Å². The molecule has 0 aliphatic rings. The molecule has 0 fully saturated rings. The zero-order valence-electron chi connectivity index (χ0n) is 16.6. The van der Waals surface area contributed by atoms with Gasteiger partial charge in [0.1, 0.15) is 6.61 Å². The van der Waals surface area contributed by atoms with Gasteiger partial charge in [0.05, 0.1) is 23.9 Å². The second kappa shape index (κ2) is 8.58. The Hall–Kier alpha value is -4.33. The number of fused-ring (bicyclic) bond motifs is 1. The smallest absolute Gasteiger partial charge is 0.361 e. The molecular formula is C23H18N4O4. The lowest BCUT2D eigenvalue weighted by Gasteiger charge is -2.16. The summed E-state index contributed by atoms with van der Waals surface area (Å²) in [7, 11) is 1.29. The van der Waals surface area contributed by atoms with Crippen LogP contribution in [0.4, 0.5) is 5.82 Å². The van der Waals surface area contributed by atoms with Crippen molar-refractivity contribution in [1.29, 1.82) is 0 Å². The van der Waals surface area contributed by atoms with Gasteiger partial charge in [-0.05, 0) is 11.6 Å². The Labute approximate surface area is 177 Å². The Balaban J connectivity index is 1.84. The van der Waals surface area contributed by atoms with Gasteiger partial charge < -0.3 is 15.2 Å². The molecule has 0 saturated heterocycles. The first-order chi connectivity index (χ1) is 15.1.